The van der Waals surface area contributed by atoms with Crippen molar-refractivity contribution in [3.63, 3.8) is 0 Å². The number of methoxy groups -OCH3 is 1. The standard InChI is InChI=1S/C19H19BrFNO5/c1-11(2)27-16-7-4-12(8-17(16)25-3)19(24)26-10-18(23)22-15-6-5-13(20)9-14(15)21/h4-9,11H,10H2,1-3H3,(H,22,23). The van der Waals surface area contributed by atoms with E-state index < -0.39 is 24.3 Å². The van der Waals surface area contributed by atoms with Crippen molar-refractivity contribution < 1.29 is 28.2 Å². The molecule has 144 valence electrons. The summed E-state index contributed by atoms with van der Waals surface area (Å²) in [5, 5.41) is 2.34. The van der Waals surface area contributed by atoms with Crippen molar-refractivity contribution in [2.24, 2.45) is 0 Å². The lowest BCUT2D eigenvalue weighted by atomic mass is 10.2. The molecular formula is C19H19BrFNO5. The number of hydrogen-bond acceptors (Lipinski definition) is 5. The molecule has 0 saturated heterocycles. The number of carbonyl (C=O) groups excluding carboxylic acids is 2. The number of amides is 1. The molecule has 0 spiro atoms. The first-order valence-electron chi connectivity index (χ1n) is 8.07. The van der Waals surface area contributed by atoms with Gasteiger partial charge in [0.05, 0.1) is 24.5 Å². The molecule has 2 rings (SSSR count). The molecule has 0 aliphatic rings. The Morgan fingerprint density at radius 1 is 1.15 bits per heavy atom. The molecule has 0 atom stereocenters. The van der Waals surface area contributed by atoms with Crippen LogP contribution < -0.4 is 14.8 Å². The molecule has 2 aromatic carbocycles. The van der Waals surface area contributed by atoms with Crippen LogP contribution in [0.2, 0.25) is 0 Å². The van der Waals surface area contributed by atoms with E-state index >= 15 is 0 Å². The predicted octanol–water partition coefficient (Wildman–Crippen LogP) is 4.18. The monoisotopic (exact) mass is 439 g/mol. The van der Waals surface area contributed by atoms with Crippen LogP contribution in [0.4, 0.5) is 10.1 Å². The number of rotatable bonds is 7. The summed E-state index contributed by atoms with van der Waals surface area (Å²) in [5.41, 5.74) is 0.196. The zero-order chi connectivity index (χ0) is 20.0. The Hall–Kier alpha value is -2.61. The molecule has 0 unspecified atom stereocenters. The van der Waals surface area contributed by atoms with Crippen LogP contribution >= 0.6 is 15.9 Å². The molecule has 0 fully saturated rings. The smallest absolute Gasteiger partial charge is 0.338 e. The Bertz CT molecular complexity index is 841. The van der Waals surface area contributed by atoms with Gasteiger partial charge in [0, 0.05) is 4.47 Å². The highest BCUT2D eigenvalue weighted by Gasteiger charge is 2.15. The minimum Gasteiger partial charge on any atom is -0.493 e. The molecule has 0 heterocycles. The minimum atomic E-state index is -0.712. The Labute approximate surface area is 164 Å². The lowest BCUT2D eigenvalue weighted by molar-refractivity contribution is -0.119. The number of esters is 1. The summed E-state index contributed by atoms with van der Waals surface area (Å²) in [6, 6.07) is 8.76. The Morgan fingerprint density at radius 3 is 2.52 bits per heavy atom. The molecule has 1 N–H and O–H groups in total. The van der Waals surface area contributed by atoms with Gasteiger partial charge in [-0.1, -0.05) is 15.9 Å². The van der Waals surface area contributed by atoms with E-state index in [1.165, 1.54) is 31.4 Å². The molecule has 0 aliphatic heterocycles. The van der Waals surface area contributed by atoms with Crippen LogP contribution in [0, 0.1) is 5.82 Å². The van der Waals surface area contributed by atoms with Gasteiger partial charge in [0.15, 0.2) is 18.1 Å². The molecule has 0 radical (unpaired) electrons. The largest absolute Gasteiger partial charge is 0.493 e. The maximum atomic E-state index is 13.7. The number of hydrogen-bond donors (Lipinski definition) is 1. The highest BCUT2D eigenvalue weighted by atomic mass is 79.9. The molecule has 0 bridgehead atoms. The molecule has 0 aromatic heterocycles. The third-order valence-corrected chi connectivity index (χ3v) is 3.79. The fourth-order valence-electron chi connectivity index (χ4n) is 2.14. The number of benzene rings is 2. The highest BCUT2D eigenvalue weighted by molar-refractivity contribution is 9.10. The molecule has 6 nitrogen and oxygen atoms in total. The third-order valence-electron chi connectivity index (χ3n) is 3.30. The van der Waals surface area contributed by atoms with Gasteiger partial charge in [0.2, 0.25) is 0 Å². The van der Waals surface area contributed by atoms with Gasteiger partial charge in [-0.3, -0.25) is 4.79 Å². The predicted molar refractivity (Wildman–Crippen MR) is 102 cm³/mol. The van der Waals surface area contributed by atoms with Crippen molar-refractivity contribution >= 4 is 33.5 Å². The van der Waals surface area contributed by atoms with Crippen LogP contribution in [-0.2, 0) is 9.53 Å². The third kappa shape index (κ3) is 5.96. The summed E-state index contributed by atoms with van der Waals surface area (Å²) in [7, 11) is 1.46. The molecule has 0 aliphatic carbocycles. The van der Waals surface area contributed by atoms with Crippen LogP contribution in [0.15, 0.2) is 40.9 Å². The Morgan fingerprint density at radius 2 is 1.89 bits per heavy atom. The first-order chi connectivity index (χ1) is 12.8. The second kappa shape index (κ2) is 9.36. The Balaban J connectivity index is 1.97. The van der Waals surface area contributed by atoms with E-state index in [1.807, 2.05) is 13.8 Å². The first kappa shape index (κ1) is 20.7. The maximum absolute atomic E-state index is 13.7. The van der Waals surface area contributed by atoms with Crippen LogP contribution in [0.25, 0.3) is 0 Å². The summed E-state index contributed by atoms with van der Waals surface area (Å²) >= 11 is 3.13. The van der Waals surface area contributed by atoms with Gasteiger partial charge >= 0.3 is 5.97 Å². The van der Waals surface area contributed by atoms with Gasteiger partial charge in [-0.15, -0.1) is 0 Å². The highest BCUT2D eigenvalue weighted by Crippen LogP contribution is 2.29. The van der Waals surface area contributed by atoms with Gasteiger partial charge < -0.3 is 19.5 Å². The van der Waals surface area contributed by atoms with Crippen molar-refractivity contribution in [1.82, 2.24) is 0 Å². The second-order valence-electron chi connectivity index (χ2n) is 5.78. The van der Waals surface area contributed by atoms with Gasteiger partial charge in [-0.05, 0) is 50.2 Å². The van der Waals surface area contributed by atoms with Crippen molar-refractivity contribution in [2.75, 3.05) is 19.0 Å². The molecular weight excluding hydrogens is 421 g/mol. The van der Waals surface area contributed by atoms with Gasteiger partial charge in [0.1, 0.15) is 5.82 Å². The summed E-state index contributed by atoms with van der Waals surface area (Å²) in [4.78, 5) is 24.0. The summed E-state index contributed by atoms with van der Waals surface area (Å²) in [6.07, 6.45) is -0.0561. The molecule has 27 heavy (non-hydrogen) atoms. The first-order valence-corrected chi connectivity index (χ1v) is 8.86. The molecule has 0 saturated carbocycles. The fourth-order valence-corrected chi connectivity index (χ4v) is 2.47. The van der Waals surface area contributed by atoms with E-state index in [1.54, 1.807) is 12.1 Å². The van der Waals surface area contributed by atoms with E-state index in [0.29, 0.717) is 16.0 Å². The van der Waals surface area contributed by atoms with Crippen LogP contribution in [-0.4, -0.2) is 31.7 Å². The number of carbonyl (C=O) groups is 2. The van der Waals surface area contributed by atoms with Crippen LogP contribution in [0.1, 0.15) is 24.2 Å². The second-order valence-corrected chi connectivity index (χ2v) is 6.70. The fraction of sp³-hybridized carbons (Fsp3) is 0.263. The molecule has 8 heteroatoms. The lowest BCUT2D eigenvalue weighted by Gasteiger charge is -2.14. The summed E-state index contributed by atoms with van der Waals surface area (Å²) < 4.78 is 30.0. The maximum Gasteiger partial charge on any atom is 0.338 e. The van der Waals surface area contributed by atoms with Gasteiger partial charge in [-0.25, -0.2) is 9.18 Å². The number of ether oxygens (including phenoxy) is 3. The molecule has 2 aromatic rings. The zero-order valence-electron chi connectivity index (χ0n) is 15.0. The summed E-state index contributed by atoms with van der Waals surface area (Å²) in [6.45, 7) is 3.18. The number of anilines is 1. The topological polar surface area (TPSA) is 73.9 Å². The van der Waals surface area contributed by atoms with E-state index in [2.05, 4.69) is 21.2 Å². The molecule has 1 amide bonds. The number of nitrogens with one attached hydrogen (secondary N) is 1. The van der Waals surface area contributed by atoms with Crippen LogP contribution in [0.5, 0.6) is 11.5 Å². The van der Waals surface area contributed by atoms with Gasteiger partial charge in [-0.2, -0.15) is 0 Å². The minimum absolute atomic E-state index is 0.00361. The van der Waals surface area contributed by atoms with Gasteiger partial charge in [0.25, 0.3) is 5.91 Å². The van der Waals surface area contributed by atoms with Crippen LogP contribution in [0.3, 0.4) is 0 Å². The summed E-state index contributed by atoms with van der Waals surface area (Å²) in [5.74, 6) is -1.10. The van der Waals surface area contributed by atoms with Crippen molar-refractivity contribution in [2.45, 2.75) is 20.0 Å². The number of halogens is 2. The van der Waals surface area contributed by atoms with E-state index in [-0.39, 0.29) is 17.4 Å². The van der Waals surface area contributed by atoms with Crippen molar-refractivity contribution in [3.05, 3.63) is 52.3 Å². The normalized spacial score (nSPS) is 10.4. The van der Waals surface area contributed by atoms with E-state index in [4.69, 9.17) is 14.2 Å². The van der Waals surface area contributed by atoms with Crippen molar-refractivity contribution in [1.29, 1.82) is 0 Å². The Kier molecular flexibility index (Phi) is 7.18. The van der Waals surface area contributed by atoms with E-state index in [9.17, 15) is 14.0 Å². The van der Waals surface area contributed by atoms with E-state index in [0.717, 1.165) is 0 Å². The zero-order valence-corrected chi connectivity index (χ0v) is 16.6. The SMILES string of the molecule is COc1cc(C(=O)OCC(=O)Nc2ccc(Br)cc2F)ccc1OC(C)C. The van der Waals surface area contributed by atoms with Crippen molar-refractivity contribution in [3.8, 4) is 11.5 Å². The average molecular weight is 440 g/mol. The lowest BCUT2D eigenvalue weighted by Crippen LogP contribution is -2.21. The average Bonchev–Trinajstić information content (AvgIpc) is 2.62. The quantitative estimate of drug-likeness (QED) is 0.654.